The molecule has 52 heavy (non-hydrogen) atoms. The van der Waals surface area contributed by atoms with Crippen LogP contribution >= 0.6 is 0 Å². The van der Waals surface area contributed by atoms with Crippen molar-refractivity contribution in [2.24, 2.45) is 0 Å². The van der Waals surface area contributed by atoms with E-state index in [2.05, 4.69) is 101 Å². The summed E-state index contributed by atoms with van der Waals surface area (Å²) >= 11 is -8.41. The second kappa shape index (κ2) is 10.8. The Morgan fingerprint density at radius 3 is 1.73 bits per heavy atom. The van der Waals surface area contributed by atoms with Gasteiger partial charge < -0.3 is 0 Å². The molecule has 11 rings (SSSR count). The summed E-state index contributed by atoms with van der Waals surface area (Å²) in [5.41, 5.74) is 6.33. The molecule has 5 heterocycles. The normalized spacial score (nSPS) is 19.6. The number of benzene rings is 6. The van der Waals surface area contributed by atoms with Gasteiger partial charge in [0.25, 0.3) is 0 Å². The van der Waals surface area contributed by atoms with E-state index in [0.717, 1.165) is 50.2 Å². The van der Waals surface area contributed by atoms with E-state index in [0.29, 0.717) is 9.09 Å². The number of nitrogens with one attached hydrogen (secondary N) is 1. The average Bonchev–Trinajstić information content (AvgIpc) is 3.97. The fourth-order valence-electron chi connectivity index (χ4n) is 9.08. The number of rotatable bonds is 4. The van der Waals surface area contributed by atoms with Gasteiger partial charge in [0, 0.05) is 0 Å². The van der Waals surface area contributed by atoms with E-state index in [1.165, 1.54) is 21.5 Å². The number of imidazole rings is 1. The fourth-order valence-corrected chi connectivity index (χ4v) is 26.8. The molecule has 0 saturated carbocycles. The number of hydrogen-bond donors (Lipinski definition) is 1. The van der Waals surface area contributed by atoms with Crippen molar-refractivity contribution in [1.29, 1.82) is 0 Å². The molecule has 8 aromatic rings. The zero-order valence-corrected chi connectivity index (χ0v) is 32.5. The summed E-state index contributed by atoms with van der Waals surface area (Å²) in [7, 11) is -3.19. The fraction of sp³-hybridized carbons (Fsp3) is 0. The van der Waals surface area contributed by atoms with Gasteiger partial charge in [-0.3, -0.25) is 0 Å². The van der Waals surface area contributed by atoms with Crippen LogP contribution in [0, 0.1) is 0 Å². The zero-order chi connectivity index (χ0) is 34.7. The van der Waals surface area contributed by atoms with Crippen molar-refractivity contribution in [2.45, 2.75) is 0 Å². The Kier molecular flexibility index (Phi) is 6.29. The Morgan fingerprint density at radius 1 is 0.500 bits per heavy atom. The molecule has 0 amide bonds. The van der Waals surface area contributed by atoms with Gasteiger partial charge in [-0.2, -0.15) is 0 Å². The maximum atomic E-state index is 15.8. The number of pyridine rings is 1. The van der Waals surface area contributed by atoms with Gasteiger partial charge in [0.05, 0.1) is 0 Å². The van der Waals surface area contributed by atoms with Crippen molar-refractivity contribution < 1.29 is 7.48 Å². The van der Waals surface area contributed by atoms with Gasteiger partial charge >= 0.3 is 308 Å². The quantitative estimate of drug-likeness (QED) is 0.276. The van der Waals surface area contributed by atoms with Crippen molar-refractivity contribution >= 4 is 82.4 Å². The van der Waals surface area contributed by atoms with Crippen LogP contribution in [0.2, 0.25) is 0 Å². The summed E-state index contributed by atoms with van der Waals surface area (Å²) in [5.74, 6) is 0. The summed E-state index contributed by atoms with van der Waals surface area (Å²) in [4.78, 5) is 13.6. The number of aromatic amines is 1. The first-order valence-electron chi connectivity index (χ1n) is 17.4. The van der Waals surface area contributed by atoms with Crippen molar-refractivity contribution in [3.05, 3.63) is 170 Å². The second-order valence-corrected chi connectivity index (χ2v) is 28.3. The Balaban J connectivity index is 1.24. The Bertz CT molecular complexity index is 2840. The van der Waals surface area contributed by atoms with Gasteiger partial charge in [-0.1, -0.05) is 0 Å². The topological polar surface area (TPSA) is 75.7 Å². The number of hydrogen-bond acceptors (Lipinski definition) is 4. The van der Waals surface area contributed by atoms with E-state index in [4.69, 9.17) is 4.98 Å². The maximum absolute atomic E-state index is 15.8. The molecular formula is C44H29As2N3O2Si. The van der Waals surface area contributed by atoms with Crippen LogP contribution in [0.15, 0.2) is 170 Å². The molecule has 246 valence electrons. The summed E-state index contributed by atoms with van der Waals surface area (Å²) < 4.78 is 36.2. The van der Waals surface area contributed by atoms with Crippen LogP contribution in [0.25, 0.3) is 33.4 Å². The third-order valence-electron chi connectivity index (χ3n) is 11.2. The van der Waals surface area contributed by atoms with Gasteiger partial charge in [-0.05, 0) is 0 Å². The van der Waals surface area contributed by atoms with E-state index < -0.39 is 35.1 Å². The standard InChI is InChI=1S/C44H29As2N3O2Si/c50-45(29-12-2-1-3-13-29)37-18-8-5-15-32(37)36-24-25-42(49-43(36)45)52(40-20-10-6-16-34(40)35-17-7-11-21-41(35)52)30-22-23-33-31-14-4-9-19-38(31)46(51,39(33)28-30)44-47-26-27-48-44/h1-28H,(H,47,48). The van der Waals surface area contributed by atoms with Crippen LogP contribution in [0.1, 0.15) is 0 Å². The van der Waals surface area contributed by atoms with Crippen LogP contribution in [-0.4, -0.2) is 50.0 Å². The molecule has 2 atom stereocenters. The van der Waals surface area contributed by atoms with Gasteiger partial charge in [-0.15, -0.1) is 0 Å². The molecule has 1 N–H and O–H groups in total. The minimum atomic E-state index is -4.21. The molecule has 8 heteroatoms. The summed E-state index contributed by atoms with van der Waals surface area (Å²) in [6.45, 7) is 0. The SMILES string of the molecule is O=[As]1(c2ncc[nH]2)c2ccccc2-c2ccc([Si]3(c4ccc5c(n4)[As](=O)(c4ccccc4)c4ccccc4-5)c4ccccc4-c4ccccc43)cc21. The molecule has 3 aliphatic rings. The third kappa shape index (κ3) is 3.69. The molecule has 0 saturated heterocycles. The molecule has 3 aliphatic heterocycles. The number of nitrogens with zero attached hydrogens (tertiary/aromatic N) is 2. The first kappa shape index (κ1) is 30.3. The van der Waals surface area contributed by atoms with E-state index in [1.54, 1.807) is 12.4 Å². The predicted molar refractivity (Wildman–Crippen MR) is 213 cm³/mol. The van der Waals surface area contributed by atoms with Gasteiger partial charge in [-0.25, -0.2) is 0 Å². The van der Waals surface area contributed by atoms with Crippen LogP contribution in [0.4, 0.5) is 0 Å². The number of fused-ring (bicyclic) bond motifs is 9. The Labute approximate surface area is 306 Å². The van der Waals surface area contributed by atoms with Crippen LogP contribution in [-0.2, 0) is 7.48 Å². The van der Waals surface area contributed by atoms with Crippen LogP contribution in [0.3, 0.4) is 0 Å². The summed E-state index contributed by atoms with van der Waals surface area (Å²) in [5, 5.41) is 4.51. The molecule has 0 radical (unpaired) electrons. The molecule has 0 aliphatic carbocycles. The van der Waals surface area contributed by atoms with Gasteiger partial charge in [0.15, 0.2) is 0 Å². The van der Waals surface area contributed by atoms with E-state index >= 15 is 7.48 Å². The molecule has 6 aromatic carbocycles. The molecule has 2 aromatic heterocycles. The number of aromatic nitrogens is 3. The Hall–Kier alpha value is -5.39. The van der Waals surface area contributed by atoms with Gasteiger partial charge in [0.2, 0.25) is 0 Å². The second-order valence-electron chi connectivity index (χ2n) is 13.6. The molecule has 5 nitrogen and oxygen atoms in total. The Morgan fingerprint density at radius 2 is 1.06 bits per heavy atom. The average molecular weight is 810 g/mol. The summed E-state index contributed by atoms with van der Waals surface area (Å²) in [6, 6.07) is 54.5. The first-order valence-corrected chi connectivity index (χ1v) is 26.5. The zero-order valence-electron chi connectivity index (χ0n) is 27.8. The predicted octanol–water partition coefficient (Wildman–Crippen LogP) is 1.92. The molecule has 0 fully saturated rings. The molecular weight excluding hydrogens is 780 g/mol. The van der Waals surface area contributed by atoms with Crippen molar-refractivity contribution in [3.8, 4) is 33.4 Å². The molecule has 2 unspecified atom stereocenters. The first-order chi connectivity index (χ1) is 25.6. The van der Waals surface area contributed by atoms with E-state index in [1.807, 2.05) is 66.7 Å². The van der Waals surface area contributed by atoms with E-state index in [-0.39, 0.29) is 0 Å². The van der Waals surface area contributed by atoms with Crippen molar-refractivity contribution in [1.82, 2.24) is 15.0 Å². The minimum absolute atomic E-state index is 0.546. The van der Waals surface area contributed by atoms with E-state index in [9.17, 15) is 0 Å². The van der Waals surface area contributed by atoms with Crippen LogP contribution in [0.5, 0.6) is 0 Å². The monoisotopic (exact) mass is 809 g/mol. The third-order valence-corrected chi connectivity index (χ3v) is 28.5. The molecule has 0 spiro atoms. The number of H-pyrrole nitrogens is 1. The molecule has 0 bridgehead atoms. The van der Waals surface area contributed by atoms with Crippen molar-refractivity contribution in [3.63, 3.8) is 0 Å². The van der Waals surface area contributed by atoms with Gasteiger partial charge in [0.1, 0.15) is 0 Å². The van der Waals surface area contributed by atoms with Crippen LogP contribution < -0.4 is 47.4 Å². The summed E-state index contributed by atoms with van der Waals surface area (Å²) in [6.07, 6.45) is 3.46. The van der Waals surface area contributed by atoms with Crippen molar-refractivity contribution in [2.75, 3.05) is 0 Å².